The van der Waals surface area contributed by atoms with Crippen LogP contribution >= 0.6 is 0 Å². The summed E-state index contributed by atoms with van der Waals surface area (Å²) >= 11 is 0. The van der Waals surface area contributed by atoms with E-state index in [0.717, 1.165) is 12.8 Å². The molecule has 104 valence electrons. The fourth-order valence-corrected chi connectivity index (χ4v) is 1.41. The van der Waals surface area contributed by atoms with Crippen LogP contribution in [0.5, 0.6) is 5.75 Å². The summed E-state index contributed by atoms with van der Waals surface area (Å²) in [4.78, 5) is 22.6. The van der Waals surface area contributed by atoms with E-state index < -0.39 is 11.9 Å². The maximum atomic E-state index is 11.4. The average molecular weight is 266 g/mol. The Labute approximate surface area is 111 Å². The molecule has 0 aliphatic rings. The highest BCUT2D eigenvalue weighted by Gasteiger charge is 2.14. The van der Waals surface area contributed by atoms with Crippen molar-refractivity contribution in [1.29, 1.82) is 0 Å². The van der Waals surface area contributed by atoms with Crippen molar-refractivity contribution in [3.63, 3.8) is 0 Å². The van der Waals surface area contributed by atoms with Gasteiger partial charge in [0.2, 0.25) is 0 Å². The maximum absolute atomic E-state index is 11.4. The number of amides is 1. The summed E-state index contributed by atoms with van der Waals surface area (Å²) in [6.45, 7) is 2.04. The topological polar surface area (TPSA) is 105 Å². The fraction of sp³-hybridized carbons (Fsp3) is 0.385. The standard InChI is InChI=1S/C13H18N2O4/c1-2-3-7-18-11(16)8-19-12-9(13(15)17)5-4-6-10(12)14/h4-6H,2-3,7-8,14H2,1H3,(H2,15,17). The van der Waals surface area contributed by atoms with Gasteiger partial charge in [-0.25, -0.2) is 4.79 Å². The van der Waals surface area contributed by atoms with Crippen LogP contribution in [0.25, 0.3) is 0 Å². The monoisotopic (exact) mass is 266 g/mol. The van der Waals surface area contributed by atoms with Crippen molar-refractivity contribution in [3.8, 4) is 5.75 Å². The van der Waals surface area contributed by atoms with Crippen LogP contribution in [-0.2, 0) is 9.53 Å². The molecule has 0 saturated carbocycles. The highest BCUT2D eigenvalue weighted by atomic mass is 16.6. The Morgan fingerprint density at radius 3 is 2.68 bits per heavy atom. The van der Waals surface area contributed by atoms with E-state index in [1.54, 1.807) is 12.1 Å². The number of ether oxygens (including phenoxy) is 2. The number of nitrogen functional groups attached to an aromatic ring is 1. The van der Waals surface area contributed by atoms with Crippen LogP contribution in [0.4, 0.5) is 5.69 Å². The molecule has 1 amide bonds. The molecule has 0 saturated heterocycles. The molecular weight excluding hydrogens is 248 g/mol. The van der Waals surface area contributed by atoms with Crippen molar-refractivity contribution < 1.29 is 19.1 Å². The fourth-order valence-electron chi connectivity index (χ4n) is 1.41. The third kappa shape index (κ3) is 4.50. The third-order valence-electron chi connectivity index (χ3n) is 2.41. The average Bonchev–Trinajstić information content (AvgIpc) is 2.37. The molecule has 4 N–H and O–H groups in total. The van der Waals surface area contributed by atoms with Crippen molar-refractivity contribution in [2.75, 3.05) is 18.9 Å². The number of rotatable bonds is 7. The van der Waals surface area contributed by atoms with E-state index in [0.29, 0.717) is 6.61 Å². The number of para-hydroxylation sites is 1. The van der Waals surface area contributed by atoms with Gasteiger partial charge in [-0.2, -0.15) is 0 Å². The van der Waals surface area contributed by atoms with Crippen LogP contribution in [-0.4, -0.2) is 25.1 Å². The van der Waals surface area contributed by atoms with Crippen LogP contribution in [0.3, 0.4) is 0 Å². The smallest absolute Gasteiger partial charge is 0.344 e. The summed E-state index contributed by atoms with van der Waals surface area (Å²) in [5.41, 5.74) is 11.3. The summed E-state index contributed by atoms with van der Waals surface area (Å²) in [7, 11) is 0. The molecule has 0 aliphatic carbocycles. The number of nitrogens with two attached hydrogens (primary N) is 2. The van der Waals surface area contributed by atoms with E-state index >= 15 is 0 Å². The Bertz CT molecular complexity index is 460. The number of primary amides is 1. The number of carbonyl (C=O) groups is 2. The van der Waals surface area contributed by atoms with Crippen molar-refractivity contribution in [3.05, 3.63) is 23.8 Å². The van der Waals surface area contributed by atoms with Gasteiger partial charge >= 0.3 is 5.97 Å². The second-order valence-corrected chi connectivity index (χ2v) is 3.95. The molecule has 1 aromatic carbocycles. The van der Waals surface area contributed by atoms with Crippen LogP contribution in [0.2, 0.25) is 0 Å². The molecule has 0 bridgehead atoms. The van der Waals surface area contributed by atoms with E-state index in [9.17, 15) is 9.59 Å². The predicted molar refractivity (Wildman–Crippen MR) is 70.7 cm³/mol. The first-order chi connectivity index (χ1) is 9.06. The molecule has 0 unspecified atom stereocenters. The lowest BCUT2D eigenvalue weighted by Gasteiger charge is -2.11. The molecule has 0 spiro atoms. The van der Waals surface area contributed by atoms with Crippen LogP contribution in [0.1, 0.15) is 30.1 Å². The Balaban J connectivity index is 2.62. The molecule has 0 aliphatic heterocycles. The van der Waals surface area contributed by atoms with Gasteiger partial charge in [0.15, 0.2) is 12.4 Å². The predicted octanol–water partition coefficient (Wildman–Crippen LogP) is 1.09. The van der Waals surface area contributed by atoms with E-state index in [1.165, 1.54) is 6.07 Å². The second kappa shape index (κ2) is 7.25. The molecule has 0 aromatic heterocycles. The SMILES string of the molecule is CCCCOC(=O)COc1c(N)cccc1C(N)=O. The normalized spacial score (nSPS) is 9.95. The van der Waals surface area contributed by atoms with Gasteiger partial charge in [0.1, 0.15) is 0 Å². The number of anilines is 1. The third-order valence-corrected chi connectivity index (χ3v) is 2.41. The number of benzene rings is 1. The summed E-state index contributed by atoms with van der Waals surface area (Å²) in [5.74, 6) is -1.06. The Hall–Kier alpha value is -2.24. The largest absolute Gasteiger partial charge is 0.479 e. The minimum atomic E-state index is -0.665. The van der Waals surface area contributed by atoms with Crippen LogP contribution in [0.15, 0.2) is 18.2 Å². The molecule has 19 heavy (non-hydrogen) atoms. The molecule has 1 rings (SSSR count). The lowest BCUT2D eigenvalue weighted by Crippen LogP contribution is -2.19. The molecule has 6 heteroatoms. The number of carbonyl (C=O) groups excluding carboxylic acids is 2. The molecular formula is C13H18N2O4. The summed E-state index contributed by atoms with van der Waals surface area (Å²) in [6, 6.07) is 4.63. The molecule has 1 aromatic rings. The van der Waals surface area contributed by atoms with Crippen molar-refractivity contribution >= 4 is 17.6 Å². The molecule has 0 fully saturated rings. The highest BCUT2D eigenvalue weighted by molar-refractivity contribution is 5.97. The Morgan fingerprint density at radius 2 is 2.05 bits per heavy atom. The van der Waals surface area contributed by atoms with Gasteiger partial charge < -0.3 is 20.9 Å². The van der Waals surface area contributed by atoms with Gasteiger partial charge in [-0.05, 0) is 18.6 Å². The maximum Gasteiger partial charge on any atom is 0.344 e. The number of unbranched alkanes of at least 4 members (excludes halogenated alkanes) is 1. The zero-order valence-electron chi connectivity index (χ0n) is 10.8. The quantitative estimate of drug-likeness (QED) is 0.436. The lowest BCUT2D eigenvalue weighted by molar-refractivity contribution is -0.146. The first-order valence-electron chi connectivity index (χ1n) is 6.03. The van der Waals surface area contributed by atoms with Crippen molar-refractivity contribution in [2.24, 2.45) is 5.73 Å². The highest BCUT2D eigenvalue weighted by Crippen LogP contribution is 2.25. The first kappa shape index (κ1) is 14.8. The van der Waals surface area contributed by atoms with Crippen LogP contribution in [0, 0.1) is 0 Å². The summed E-state index contributed by atoms with van der Waals surface area (Å²) in [5, 5.41) is 0. The summed E-state index contributed by atoms with van der Waals surface area (Å²) < 4.78 is 10.1. The van der Waals surface area contributed by atoms with Gasteiger partial charge in [0.05, 0.1) is 17.9 Å². The van der Waals surface area contributed by atoms with Crippen LogP contribution < -0.4 is 16.2 Å². The number of hydrogen-bond donors (Lipinski definition) is 2. The number of hydrogen-bond acceptors (Lipinski definition) is 5. The van der Waals surface area contributed by atoms with Crippen molar-refractivity contribution in [2.45, 2.75) is 19.8 Å². The van der Waals surface area contributed by atoms with Crippen molar-refractivity contribution in [1.82, 2.24) is 0 Å². The van der Waals surface area contributed by atoms with Gasteiger partial charge in [-0.3, -0.25) is 4.79 Å². The van der Waals surface area contributed by atoms with Gasteiger partial charge in [0, 0.05) is 0 Å². The van der Waals surface area contributed by atoms with E-state index in [-0.39, 0.29) is 23.6 Å². The first-order valence-corrected chi connectivity index (χ1v) is 6.03. The van der Waals surface area contributed by atoms with E-state index in [2.05, 4.69) is 0 Å². The summed E-state index contributed by atoms with van der Waals surface area (Å²) in [6.07, 6.45) is 1.73. The van der Waals surface area contributed by atoms with Gasteiger partial charge in [0.25, 0.3) is 5.91 Å². The molecule has 0 radical (unpaired) electrons. The minimum absolute atomic E-state index is 0.113. The van der Waals surface area contributed by atoms with E-state index in [4.69, 9.17) is 20.9 Å². The second-order valence-electron chi connectivity index (χ2n) is 3.95. The number of esters is 1. The van der Waals surface area contributed by atoms with Gasteiger partial charge in [-0.1, -0.05) is 19.4 Å². The minimum Gasteiger partial charge on any atom is -0.479 e. The Morgan fingerprint density at radius 1 is 1.32 bits per heavy atom. The van der Waals surface area contributed by atoms with Gasteiger partial charge in [-0.15, -0.1) is 0 Å². The lowest BCUT2D eigenvalue weighted by atomic mass is 10.1. The molecule has 6 nitrogen and oxygen atoms in total. The Kier molecular flexibility index (Phi) is 5.66. The molecule has 0 heterocycles. The van der Waals surface area contributed by atoms with E-state index in [1.807, 2.05) is 6.92 Å². The zero-order chi connectivity index (χ0) is 14.3. The zero-order valence-corrected chi connectivity index (χ0v) is 10.8. The molecule has 0 atom stereocenters.